The van der Waals surface area contributed by atoms with Gasteiger partial charge in [-0.1, -0.05) is 61.4 Å². The average Bonchev–Trinajstić information content (AvgIpc) is 3.78. The number of aromatic nitrogens is 1. The van der Waals surface area contributed by atoms with Crippen LogP contribution in [0.25, 0.3) is 22.4 Å². The van der Waals surface area contributed by atoms with Crippen LogP contribution < -0.4 is 0 Å². The van der Waals surface area contributed by atoms with Gasteiger partial charge in [0.25, 0.3) is 0 Å². The van der Waals surface area contributed by atoms with Crippen LogP contribution in [-0.2, 0) is 20.9 Å². The number of likely N-dealkylation sites (tertiary alicyclic amines) is 1. The summed E-state index contributed by atoms with van der Waals surface area (Å²) in [6.07, 6.45) is 7.95. The molecule has 7 heteroatoms. The smallest absolute Gasteiger partial charge is 0.234 e. The monoisotopic (exact) mass is 604 g/mol. The standard InChI is InChI=1S/C37H36N2O4S/c1-2-8-25-20-29-35(37(42)39(36(29)41)21-26-9-7-18-44-26)30-22-43-33(34(25)30)16-14-24(31-12-5-6-17-38-31)19-23-13-15-32(40)28-11-4-3-10-27(23)28/h3-7,9-13,15,17-19,29-30,33,35,40H,2,8,14,16,20-22H2,1H3/b24-19-/t29-,30+,33-,35-/m1/s1. The summed E-state index contributed by atoms with van der Waals surface area (Å²) in [5.41, 5.74) is 5.60. The van der Waals surface area contributed by atoms with Crippen LogP contribution in [0.15, 0.2) is 89.5 Å². The van der Waals surface area contributed by atoms with Crippen LogP contribution in [0.2, 0.25) is 0 Å². The molecule has 0 spiro atoms. The van der Waals surface area contributed by atoms with Gasteiger partial charge in [-0.25, -0.2) is 0 Å². The molecule has 0 saturated carbocycles. The summed E-state index contributed by atoms with van der Waals surface area (Å²) in [7, 11) is 0. The maximum absolute atomic E-state index is 13.8. The first kappa shape index (κ1) is 28.7. The Kier molecular flexibility index (Phi) is 7.91. The number of allylic oxidation sites excluding steroid dienone is 2. The lowest BCUT2D eigenvalue weighted by Gasteiger charge is -2.32. The molecule has 2 aromatic heterocycles. The molecule has 3 aliphatic rings. The topological polar surface area (TPSA) is 79.7 Å². The van der Waals surface area contributed by atoms with Crippen molar-refractivity contribution in [3.8, 4) is 5.75 Å². The molecule has 1 N–H and O–H groups in total. The van der Waals surface area contributed by atoms with E-state index in [0.29, 0.717) is 19.6 Å². The Hall–Kier alpha value is -4.07. The van der Waals surface area contributed by atoms with Gasteiger partial charge in [0.05, 0.1) is 36.8 Å². The molecule has 4 heterocycles. The minimum atomic E-state index is -0.336. The summed E-state index contributed by atoms with van der Waals surface area (Å²) in [5.74, 6) is -0.463. The summed E-state index contributed by atoms with van der Waals surface area (Å²) in [4.78, 5) is 34.6. The van der Waals surface area contributed by atoms with Crippen LogP contribution in [0, 0.1) is 17.8 Å². The fourth-order valence-corrected chi connectivity index (χ4v) is 8.22. The number of imide groups is 1. The van der Waals surface area contributed by atoms with Crippen LogP contribution in [0.1, 0.15) is 55.2 Å². The number of thiophene rings is 1. The van der Waals surface area contributed by atoms with Gasteiger partial charge in [0.1, 0.15) is 5.75 Å². The molecule has 0 bridgehead atoms. The number of hydrogen-bond donors (Lipinski definition) is 1. The number of phenols is 1. The number of aromatic hydroxyl groups is 1. The van der Waals surface area contributed by atoms with E-state index in [1.54, 1.807) is 17.4 Å². The van der Waals surface area contributed by atoms with Crippen molar-refractivity contribution >= 4 is 45.6 Å². The van der Waals surface area contributed by atoms with E-state index < -0.39 is 0 Å². The third-order valence-electron chi connectivity index (χ3n) is 9.48. The number of amides is 2. The fraction of sp³-hybridized carbons (Fsp3) is 0.324. The third kappa shape index (κ3) is 5.18. The zero-order valence-electron chi connectivity index (χ0n) is 24.8. The van der Waals surface area contributed by atoms with Crippen molar-refractivity contribution in [3.63, 3.8) is 0 Å². The van der Waals surface area contributed by atoms with E-state index in [-0.39, 0.29) is 41.4 Å². The Balaban J connectivity index is 1.18. The normalized spacial score (nSPS) is 23.5. The highest BCUT2D eigenvalue weighted by Crippen LogP contribution is 2.51. The number of hydrogen-bond acceptors (Lipinski definition) is 6. The van der Waals surface area contributed by atoms with Crippen LogP contribution >= 0.6 is 11.3 Å². The van der Waals surface area contributed by atoms with Crippen molar-refractivity contribution in [1.29, 1.82) is 0 Å². The highest BCUT2D eigenvalue weighted by molar-refractivity contribution is 7.09. The van der Waals surface area contributed by atoms with Crippen molar-refractivity contribution in [3.05, 3.63) is 106 Å². The molecular weight excluding hydrogens is 568 g/mol. The quantitative estimate of drug-likeness (QED) is 0.157. The van der Waals surface area contributed by atoms with Crippen molar-refractivity contribution in [2.24, 2.45) is 17.8 Å². The molecule has 0 unspecified atom stereocenters. The summed E-state index contributed by atoms with van der Waals surface area (Å²) < 4.78 is 6.51. The SMILES string of the molecule is CCCC1=C2[C@@H](CC/C(=C/c3ccc(O)c4ccccc34)c3ccccn3)OC[C@@H]2[C@@H]2C(=O)N(Cc3cccs3)C(=O)[C@@H]2C1. The number of carbonyl (C=O) groups is 2. The molecule has 2 amide bonds. The first-order valence-corrected chi connectivity index (χ1v) is 16.4. The molecule has 6 nitrogen and oxygen atoms in total. The van der Waals surface area contributed by atoms with E-state index >= 15 is 0 Å². The van der Waals surface area contributed by atoms with Crippen LogP contribution in [-0.4, -0.2) is 39.5 Å². The molecule has 44 heavy (non-hydrogen) atoms. The highest BCUT2D eigenvalue weighted by Gasteiger charge is 2.56. The average molecular weight is 605 g/mol. The van der Waals surface area contributed by atoms with Crippen molar-refractivity contribution in [2.45, 2.75) is 51.7 Å². The molecule has 0 radical (unpaired) electrons. The largest absolute Gasteiger partial charge is 0.507 e. The van der Waals surface area contributed by atoms with E-state index in [0.717, 1.165) is 58.2 Å². The number of fused-ring (bicyclic) bond motifs is 4. The van der Waals surface area contributed by atoms with E-state index in [1.165, 1.54) is 16.0 Å². The second-order valence-corrected chi connectivity index (χ2v) is 13.1. The number of carbonyl (C=O) groups excluding carboxylic acids is 2. The van der Waals surface area contributed by atoms with Gasteiger partial charge in [0.15, 0.2) is 0 Å². The maximum atomic E-state index is 13.8. The lowest BCUT2D eigenvalue weighted by atomic mass is 9.68. The molecule has 4 atom stereocenters. The zero-order valence-corrected chi connectivity index (χ0v) is 25.6. The Morgan fingerprint density at radius 3 is 2.64 bits per heavy atom. The molecule has 2 saturated heterocycles. The van der Waals surface area contributed by atoms with Gasteiger partial charge in [-0.2, -0.15) is 0 Å². The van der Waals surface area contributed by atoms with E-state index in [4.69, 9.17) is 4.74 Å². The first-order valence-electron chi connectivity index (χ1n) is 15.6. The molecular formula is C37H36N2O4S. The van der Waals surface area contributed by atoms with E-state index in [1.807, 2.05) is 72.2 Å². The van der Waals surface area contributed by atoms with Gasteiger partial charge in [-0.05, 0) is 83.5 Å². The van der Waals surface area contributed by atoms with E-state index in [2.05, 4.69) is 18.0 Å². The first-order chi connectivity index (χ1) is 21.5. The molecule has 2 aromatic carbocycles. The molecule has 4 aromatic rings. The Bertz CT molecular complexity index is 1760. The Labute approximate surface area is 261 Å². The lowest BCUT2D eigenvalue weighted by molar-refractivity contribution is -0.140. The molecule has 7 rings (SSSR count). The molecule has 2 aliphatic heterocycles. The summed E-state index contributed by atoms with van der Waals surface area (Å²) >= 11 is 1.58. The Morgan fingerprint density at radius 1 is 1.02 bits per heavy atom. The second-order valence-electron chi connectivity index (χ2n) is 12.1. The van der Waals surface area contributed by atoms with E-state index in [9.17, 15) is 14.7 Å². The van der Waals surface area contributed by atoms with Crippen molar-refractivity contribution < 1.29 is 19.4 Å². The van der Waals surface area contributed by atoms with Gasteiger partial charge in [-0.15, -0.1) is 11.3 Å². The number of nitrogens with zero attached hydrogens (tertiary/aromatic N) is 2. The third-order valence-corrected chi connectivity index (χ3v) is 10.3. The van der Waals surface area contributed by atoms with Gasteiger partial charge < -0.3 is 9.84 Å². The Morgan fingerprint density at radius 2 is 1.86 bits per heavy atom. The summed E-state index contributed by atoms with van der Waals surface area (Å²) in [6, 6.07) is 21.5. The number of pyridine rings is 1. The number of ether oxygens (including phenoxy) is 1. The summed E-state index contributed by atoms with van der Waals surface area (Å²) in [5, 5.41) is 14.2. The molecule has 2 fully saturated rings. The number of rotatable bonds is 9. The van der Waals surface area contributed by atoms with Gasteiger partial charge in [-0.3, -0.25) is 19.5 Å². The van der Waals surface area contributed by atoms with Crippen LogP contribution in [0.4, 0.5) is 0 Å². The second kappa shape index (κ2) is 12.1. The number of benzene rings is 2. The van der Waals surface area contributed by atoms with Crippen molar-refractivity contribution in [2.75, 3.05) is 6.61 Å². The predicted octanol–water partition coefficient (Wildman–Crippen LogP) is 7.64. The molecule has 224 valence electrons. The number of phenolic OH excluding ortho intramolecular Hbond substituents is 1. The minimum absolute atomic E-state index is 0.0222. The van der Waals surface area contributed by atoms with Crippen LogP contribution in [0.3, 0.4) is 0 Å². The van der Waals surface area contributed by atoms with Gasteiger partial charge in [0.2, 0.25) is 11.8 Å². The fourth-order valence-electron chi connectivity index (χ4n) is 7.52. The lowest BCUT2D eigenvalue weighted by Crippen LogP contribution is -2.34. The highest BCUT2D eigenvalue weighted by atomic mass is 32.1. The summed E-state index contributed by atoms with van der Waals surface area (Å²) in [6.45, 7) is 3.02. The molecule has 1 aliphatic carbocycles. The van der Waals surface area contributed by atoms with Gasteiger partial charge in [0, 0.05) is 22.4 Å². The minimum Gasteiger partial charge on any atom is -0.507 e. The zero-order chi connectivity index (χ0) is 30.2. The van der Waals surface area contributed by atoms with Crippen molar-refractivity contribution in [1.82, 2.24) is 9.88 Å². The van der Waals surface area contributed by atoms with Gasteiger partial charge >= 0.3 is 0 Å². The maximum Gasteiger partial charge on any atom is 0.234 e. The van der Waals surface area contributed by atoms with Crippen LogP contribution in [0.5, 0.6) is 5.75 Å². The predicted molar refractivity (Wildman–Crippen MR) is 174 cm³/mol.